The summed E-state index contributed by atoms with van der Waals surface area (Å²) in [5.74, 6) is -0.359. The maximum absolute atomic E-state index is 11.7. The van der Waals surface area contributed by atoms with Gasteiger partial charge in [0.15, 0.2) is 10.2 Å². The lowest BCUT2D eigenvalue weighted by Gasteiger charge is -2.07. The summed E-state index contributed by atoms with van der Waals surface area (Å²) in [4.78, 5) is 16.5. The second-order valence-corrected chi connectivity index (χ2v) is 5.51. The van der Waals surface area contributed by atoms with Crippen LogP contribution in [-0.4, -0.2) is 22.7 Å². The van der Waals surface area contributed by atoms with Crippen LogP contribution in [0.25, 0.3) is 0 Å². The standard InChI is InChI=1S/C14H15N3O2S2/c1-3-19-12(18)11-9(2)15-14(21-11)17-13(20)16-10-7-5-4-6-8-10/h4-8H,3H2,1-2H3,(H2,15,16,17,20). The Morgan fingerprint density at radius 1 is 1.33 bits per heavy atom. The van der Waals surface area contributed by atoms with Gasteiger partial charge < -0.3 is 15.4 Å². The lowest BCUT2D eigenvalue weighted by molar-refractivity contribution is 0.0531. The summed E-state index contributed by atoms with van der Waals surface area (Å²) in [5, 5.41) is 6.99. The highest BCUT2D eigenvalue weighted by molar-refractivity contribution is 7.80. The Morgan fingerprint density at radius 2 is 2.05 bits per heavy atom. The number of thiazole rings is 1. The molecule has 1 heterocycles. The predicted octanol–water partition coefficient (Wildman–Crippen LogP) is 3.44. The second kappa shape index (κ2) is 7.14. The number of thiocarbonyl (C=S) groups is 1. The van der Waals surface area contributed by atoms with Crippen LogP contribution in [0.5, 0.6) is 0 Å². The highest BCUT2D eigenvalue weighted by Gasteiger charge is 2.16. The Kier molecular flexibility index (Phi) is 5.24. The molecule has 110 valence electrons. The summed E-state index contributed by atoms with van der Waals surface area (Å²) in [6, 6.07) is 9.57. The van der Waals surface area contributed by atoms with Gasteiger partial charge >= 0.3 is 5.97 Å². The van der Waals surface area contributed by atoms with Gasteiger partial charge in [-0.25, -0.2) is 9.78 Å². The van der Waals surface area contributed by atoms with Gasteiger partial charge in [-0.1, -0.05) is 29.5 Å². The summed E-state index contributed by atoms with van der Waals surface area (Å²) in [6.07, 6.45) is 0. The molecule has 0 radical (unpaired) electrons. The molecule has 7 heteroatoms. The molecule has 0 fully saturated rings. The van der Waals surface area contributed by atoms with Gasteiger partial charge in [0, 0.05) is 5.69 Å². The van der Waals surface area contributed by atoms with E-state index in [1.165, 1.54) is 11.3 Å². The highest BCUT2D eigenvalue weighted by atomic mass is 32.1. The van der Waals surface area contributed by atoms with Crippen LogP contribution in [0.3, 0.4) is 0 Å². The number of nitrogens with zero attached hydrogens (tertiary/aromatic N) is 1. The van der Waals surface area contributed by atoms with E-state index in [0.717, 1.165) is 5.69 Å². The van der Waals surface area contributed by atoms with Crippen molar-refractivity contribution in [2.24, 2.45) is 0 Å². The van der Waals surface area contributed by atoms with E-state index in [1.54, 1.807) is 13.8 Å². The number of carbonyl (C=O) groups excluding carboxylic acids is 1. The molecule has 0 bridgehead atoms. The molecule has 0 aliphatic carbocycles. The summed E-state index contributed by atoms with van der Waals surface area (Å²) >= 11 is 6.44. The number of nitrogens with one attached hydrogen (secondary N) is 2. The van der Waals surface area contributed by atoms with Gasteiger partial charge in [0.2, 0.25) is 0 Å². The van der Waals surface area contributed by atoms with Crippen molar-refractivity contribution in [1.82, 2.24) is 4.98 Å². The van der Waals surface area contributed by atoms with Gasteiger partial charge in [0.1, 0.15) is 4.88 Å². The van der Waals surface area contributed by atoms with Crippen LogP contribution < -0.4 is 10.6 Å². The monoisotopic (exact) mass is 321 g/mol. The molecule has 1 aromatic carbocycles. The Bertz CT molecular complexity index is 641. The number of hydrogen-bond donors (Lipinski definition) is 2. The van der Waals surface area contributed by atoms with Crippen molar-refractivity contribution in [3.8, 4) is 0 Å². The summed E-state index contributed by atoms with van der Waals surface area (Å²) in [5.41, 5.74) is 1.51. The molecule has 2 aromatic rings. The zero-order valence-electron chi connectivity index (χ0n) is 11.7. The fraction of sp³-hybridized carbons (Fsp3) is 0.214. The molecule has 0 aliphatic heterocycles. The molecule has 5 nitrogen and oxygen atoms in total. The number of rotatable bonds is 4. The lowest BCUT2D eigenvalue weighted by atomic mass is 10.3. The molecular weight excluding hydrogens is 306 g/mol. The Labute approximate surface area is 132 Å². The second-order valence-electron chi connectivity index (χ2n) is 4.10. The van der Waals surface area contributed by atoms with Crippen molar-refractivity contribution in [3.05, 3.63) is 40.9 Å². The number of anilines is 2. The average Bonchev–Trinajstić information content (AvgIpc) is 2.80. The lowest BCUT2D eigenvalue weighted by Crippen LogP contribution is -2.18. The van der Waals surface area contributed by atoms with Crippen molar-refractivity contribution < 1.29 is 9.53 Å². The fourth-order valence-corrected chi connectivity index (χ4v) is 2.76. The number of ether oxygens (including phenoxy) is 1. The maximum Gasteiger partial charge on any atom is 0.350 e. The third kappa shape index (κ3) is 4.24. The van der Waals surface area contributed by atoms with Gasteiger partial charge in [0.05, 0.1) is 12.3 Å². The third-order valence-electron chi connectivity index (χ3n) is 2.51. The van der Waals surface area contributed by atoms with Crippen molar-refractivity contribution in [1.29, 1.82) is 0 Å². The number of carbonyl (C=O) groups is 1. The number of esters is 1. The molecule has 0 amide bonds. The molecular formula is C14H15N3O2S2. The number of benzene rings is 1. The van der Waals surface area contributed by atoms with E-state index in [2.05, 4.69) is 15.6 Å². The van der Waals surface area contributed by atoms with E-state index in [1.807, 2.05) is 30.3 Å². The van der Waals surface area contributed by atoms with E-state index < -0.39 is 0 Å². The molecule has 1 aromatic heterocycles. The SMILES string of the molecule is CCOC(=O)c1sc(NC(=S)Nc2ccccc2)nc1C. The highest BCUT2D eigenvalue weighted by Crippen LogP contribution is 2.23. The first-order chi connectivity index (χ1) is 10.1. The van der Waals surface area contributed by atoms with Crippen LogP contribution in [0.2, 0.25) is 0 Å². The predicted molar refractivity (Wildman–Crippen MR) is 89.1 cm³/mol. The Morgan fingerprint density at radius 3 is 2.71 bits per heavy atom. The largest absolute Gasteiger partial charge is 0.462 e. The van der Waals surface area contributed by atoms with E-state index in [4.69, 9.17) is 17.0 Å². The van der Waals surface area contributed by atoms with E-state index in [0.29, 0.717) is 27.4 Å². The van der Waals surface area contributed by atoms with Gasteiger partial charge in [-0.2, -0.15) is 0 Å². The summed E-state index contributed by atoms with van der Waals surface area (Å²) < 4.78 is 4.98. The molecule has 2 N–H and O–H groups in total. The third-order valence-corrected chi connectivity index (χ3v) is 3.77. The van der Waals surface area contributed by atoms with Crippen LogP contribution in [0.4, 0.5) is 10.8 Å². The van der Waals surface area contributed by atoms with Crippen LogP contribution >= 0.6 is 23.6 Å². The normalized spacial score (nSPS) is 10.0. The molecule has 0 atom stereocenters. The number of hydrogen-bond acceptors (Lipinski definition) is 5. The van der Waals surface area contributed by atoms with E-state index in [9.17, 15) is 4.79 Å². The quantitative estimate of drug-likeness (QED) is 0.664. The zero-order chi connectivity index (χ0) is 15.2. The fourth-order valence-electron chi connectivity index (χ4n) is 1.62. The summed E-state index contributed by atoms with van der Waals surface area (Å²) in [7, 11) is 0. The number of aromatic nitrogens is 1. The number of para-hydroxylation sites is 1. The van der Waals surface area contributed by atoms with Crippen molar-refractivity contribution in [2.75, 3.05) is 17.2 Å². The minimum atomic E-state index is -0.359. The zero-order valence-corrected chi connectivity index (χ0v) is 13.3. The maximum atomic E-state index is 11.7. The number of aryl methyl sites for hydroxylation is 1. The summed E-state index contributed by atoms with van der Waals surface area (Å²) in [6.45, 7) is 3.88. The van der Waals surface area contributed by atoms with Crippen LogP contribution in [0.1, 0.15) is 22.3 Å². The molecule has 21 heavy (non-hydrogen) atoms. The Hall–Kier alpha value is -1.99. The van der Waals surface area contributed by atoms with Gasteiger partial charge in [-0.15, -0.1) is 0 Å². The van der Waals surface area contributed by atoms with Crippen molar-refractivity contribution >= 4 is 45.5 Å². The van der Waals surface area contributed by atoms with E-state index >= 15 is 0 Å². The minimum Gasteiger partial charge on any atom is -0.462 e. The first kappa shape index (κ1) is 15.4. The van der Waals surface area contributed by atoms with Gasteiger partial charge in [-0.3, -0.25) is 0 Å². The minimum absolute atomic E-state index is 0.340. The smallest absolute Gasteiger partial charge is 0.350 e. The molecule has 0 aliphatic rings. The molecule has 0 spiro atoms. The topological polar surface area (TPSA) is 63.2 Å². The average molecular weight is 321 g/mol. The van der Waals surface area contributed by atoms with Crippen LogP contribution in [0, 0.1) is 6.92 Å². The van der Waals surface area contributed by atoms with Gasteiger partial charge in [0.25, 0.3) is 0 Å². The molecule has 0 saturated heterocycles. The molecule has 0 unspecified atom stereocenters. The van der Waals surface area contributed by atoms with Crippen LogP contribution in [-0.2, 0) is 4.74 Å². The first-order valence-electron chi connectivity index (χ1n) is 6.37. The van der Waals surface area contributed by atoms with Crippen LogP contribution in [0.15, 0.2) is 30.3 Å². The first-order valence-corrected chi connectivity index (χ1v) is 7.60. The van der Waals surface area contributed by atoms with Crippen molar-refractivity contribution in [2.45, 2.75) is 13.8 Å². The molecule has 0 saturated carbocycles. The van der Waals surface area contributed by atoms with Gasteiger partial charge in [-0.05, 0) is 38.2 Å². The van der Waals surface area contributed by atoms with E-state index in [-0.39, 0.29) is 5.97 Å². The Balaban J connectivity index is 2.01. The molecule has 2 rings (SSSR count). The van der Waals surface area contributed by atoms with Crippen molar-refractivity contribution in [3.63, 3.8) is 0 Å².